The number of hydrogen-bond acceptors (Lipinski definition) is 7. The van der Waals surface area contributed by atoms with Crippen LogP contribution in [0.5, 0.6) is 0 Å². The minimum Gasteiger partial charge on any atom is -0.393 e. The number of fused-ring (bicyclic) bond motifs is 1. The molecule has 6 nitrogen and oxygen atoms in total. The molecule has 0 radical (unpaired) electrons. The Hall–Kier alpha value is -2.25. The molecule has 7 heteroatoms. The third-order valence-electron chi connectivity index (χ3n) is 4.20. The van der Waals surface area contributed by atoms with Gasteiger partial charge in [-0.2, -0.15) is 0 Å². The Morgan fingerprint density at radius 3 is 2.67 bits per heavy atom. The molecular weight excluding hydrogens is 322 g/mol. The van der Waals surface area contributed by atoms with Crippen molar-refractivity contribution in [2.75, 3.05) is 10.6 Å². The number of aliphatic hydroxyl groups is 1. The minimum absolute atomic E-state index is 0.142. The highest BCUT2D eigenvalue weighted by atomic mass is 32.1. The number of aliphatic hydroxyl groups excluding tert-OH is 1. The number of anilines is 3. The Morgan fingerprint density at radius 2 is 1.83 bits per heavy atom. The second-order valence-electron chi connectivity index (χ2n) is 6.03. The molecule has 0 aliphatic heterocycles. The maximum Gasteiger partial charge on any atom is 0.190 e. The molecule has 3 aromatic rings. The first kappa shape index (κ1) is 15.3. The number of hydrogen-bond donors (Lipinski definition) is 3. The van der Waals surface area contributed by atoms with Crippen molar-refractivity contribution in [2.45, 2.75) is 37.8 Å². The fraction of sp³-hybridized carbons (Fsp3) is 0.353. The van der Waals surface area contributed by atoms with Gasteiger partial charge in [0.15, 0.2) is 5.13 Å². The summed E-state index contributed by atoms with van der Waals surface area (Å²) in [5.74, 6) is 1.61. The fourth-order valence-electron chi connectivity index (χ4n) is 2.95. The fourth-order valence-corrected chi connectivity index (χ4v) is 3.76. The summed E-state index contributed by atoms with van der Waals surface area (Å²) < 4.78 is 0. The zero-order chi connectivity index (χ0) is 16.4. The van der Waals surface area contributed by atoms with Gasteiger partial charge in [-0.15, -0.1) is 0 Å². The molecule has 1 saturated carbocycles. The van der Waals surface area contributed by atoms with Gasteiger partial charge in [-0.3, -0.25) is 0 Å². The van der Waals surface area contributed by atoms with E-state index in [0.717, 1.165) is 52.8 Å². The lowest BCUT2D eigenvalue weighted by atomic mass is 9.93. The number of nitrogens with one attached hydrogen (secondary N) is 2. The molecule has 0 amide bonds. The summed E-state index contributed by atoms with van der Waals surface area (Å²) in [6, 6.07) is 10.1. The predicted octanol–water partition coefficient (Wildman–Crippen LogP) is 3.55. The second kappa shape index (κ2) is 6.70. The summed E-state index contributed by atoms with van der Waals surface area (Å²) >= 11 is 1.51. The topological polar surface area (TPSA) is 83.0 Å². The van der Waals surface area contributed by atoms with Crippen LogP contribution in [-0.2, 0) is 0 Å². The molecule has 124 valence electrons. The largest absolute Gasteiger partial charge is 0.393 e. The molecule has 4 rings (SSSR count). The molecule has 1 aliphatic rings. The number of aromatic nitrogens is 3. The molecule has 3 aromatic heterocycles. The van der Waals surface area contributed by atoms with Gasteiger partial charge in [-0.1, -0.05) is 17.4 Å². The van der Waals surface area contributed by atoms with E-state index in [9.17, 15) is 5.11 Å². The molecule has 0 saturated heterocycles. The molecule has 0 aromatic carbocycles. The Bertz CT molecular complexity index is 795. The zero-order valence-corrected chi connectivity index (χ0v) is 14.0. The van der Waals surface area contributed by atoms with E-state index in [4.69, 9.17) is 0 Å². The molecule has 1 aliphatic carbocycles. The highest BCUT2D eigenvalue weighted by Gasteiger charge is 2.19. The van der Waals surface area contributed by atoms with Crippen LogP contribution in [0.3, 0.4) is 0 Å². The Balaban J connectivity index is 1.46. The summed E-state index contributed by atoms with van der Waals surface area (Å²) in [5.41, 5.74) is 0.889. The van der Waals surface area contributed by atoms with Crippen molar-refractivity contribution < 1.29 is 5.11 Å². The van der Waals surface area contributed by atoms with Gasteiger partial charge < -0.3 is 15.7 Å². The van der Waals surface area contributed by atoms with Crippen LogP contribution in [0.25, 0.3) is 10.3 Å². The van der Waals surface area contributed by atoms with Gasteiger partial charge in [0.05, 0.1) is 6.10 Å². The molecule has 0 unspecified atom stereocenters. The molecular formula is C17H19N5OS. The van der Waals surface area contributed by atoms with Crippen molar-refractivity contribution in [3.05, 3.63) is 36.5 Å². The lowest BCUT2D eigenvalue weighted by molar-refractivity contribution is 0.126. The Kier molecular flexibility index (Phi) is 4.27. The van der Waals surface area contributed by atoms with Crippen LogP contribution in [0.15, 0.2) is 36.5 Å². The highest BCUT2D eigenvalue weighted by molar-refractivity contribution is 7.21. The standard InChI is InChI=1S/C17H19N5OS/c23-12-8-6-11(7-9-12)19-14-4-1-5-15(21-14)22-17-20-13-3-2-10-18-16(13)24-17/h1-5,10-12,23H,6-9H2,(H2,19,20,21,22). The first-order valence-corrected chi connectivity index (χ1v) is 8.98. The van der Waals surface area contributed by atoms with Crippen LogP contribution in [-0.4, -0.2) is 32.2 Å². The Morgan fingerprint density at radius 1 is 1.00 bits per heavy atom. The van der Waals surface area contributed by atoms with E-state index < -0.39 is 0 Å². The second-order valence-corrected chi connectivity index (χ2v) is 7.01. The summed E-state index contributed by atoms with van der Waals surface area (Å²) in [4.78, 5) is 14.4. The van der Waals surface area contributed by atoms with Gasteiger partial charge in [-0.05, 0) is 49.9 Å². The van der Waals surface area contributed by atoms with Gasteiger partial charge in [0.2, 0.25) is 0 Å². The van der Waals surface area contributed by atoms with Crippen molar-refractivity contribution in [1.29, 1.82) is 0 Å². The summed E-state index contributed by atoms with van der Waals surface area (Å²) in [6.45, 7) is 0. The van der Waals surface area contributed by atoms with Crippen molar-refractivity contribution in [2.24, 2.45) is 0 Å². The van der Waals surface area contributed by atoms with Crippen LogP contribution in [0.4, 0.5) is 16.8 Å². The number of thiazole rings is 1. The third kappa shape index (κ3) is 3.47. The van der Waals surface area contributed by atoms with Gasteiger partial charge in [0.1, 0.15) is 22.0 Å². The summed E-state index contributed by atoms with van der Waals surface area (Å²) in [6.07, 6.45) is 5.29. The smallest absolute Gasteiger partial charge is 0.190 e. The van der Waals surface area contributed by atoms with Crippen molar-refractivity contribution in [3.63, 3.8) is 0 Å². The minimum atomic E-state index is -0.142. The Labute approximate surface area is 144 Å². The molecule has 3 N–H and O–H groups in total. The predicted molar refractivity (Wildman–Crippen MR) is 96.8 cm³/mol. The van der Waals surface area contributed by atoms with E-state index in [-0.39, 0.29) is 6.10 Å². The maximum absolute atomic E-state index is 9.60. The molecule has 0 bridgehead atoms. The quantitative estimate of drug-likeness (QED) is 0.673. The SMILES string of the molecule is OC1CCC(Nc2cccc(Nc3nc4cccnc4s3)n2)CC1. The summed E-state index contributed by atoms with van der Waals surface area (Å²) in [5, 5.41) is 17.1. The lowest BCUT2D eigenvalue weighted by Gasteiger charge is -2.26. The average molecular weight is 341 g/mol. The van der Waals surface area contributed by atoms with Gasteiger partial charge >= 0.3 is 0 Å². The van der Waals surface area contributed by atoms with Crippen molar-refractivity contribution >= 4 is 38.5 Å². The first-order valence-electron chi connectivity index (χ1n) is 8.16. The first-order chi connectivity index (χ1) is 11.8. The van der Waals surface area contributed by atoms with E-state index >= 15 is 0 Å². The van der Waals surface area contributed by atoms with E-state index in [0.29, 0.717) is 6.04 Å². The number of rotatable bonds is 4. The molecule has 1 fully saturated rings. The summed E-state index contributed by atoms with van der Waals surface area (Å²) in [7, 11) is 0. The van der Waals surface area contributed by atoms with E-state index in [2.05, 4.69) is 25.6 Å². The third-order valence-corrected chi connectivity index (χ3v) is 5.09. The maximum atomic E-state index is 9.60. The van der Waals surface area contributed by atoms with Gasteiger partial charge in [0.25, 0.3) is 0 Å². The lowest BCUT2D eigenvalue weighted by Crippen LogP contribution is -2.28. The van der Waals surface area contributed by atoms with Gasteiger partial charge in [-0.25, -0.2) is 15.0 Å². The normalized spacial score (nSPS) is 20.9. The number of nitrogens with zero attached hydrogens (tertiary/aromatic N) is 3. The van der Waals surface area contributed by atoms with Gasteiger partial charge in [0, 0.05) is 12.2 Å². The highest BCUT2D eigenvalue weighted by Crippen LogP contribution is 2.27. The molecule has 0 spiro atoms. The van der Waals surface area contributed by atoms with Crippen LogP contribution < -0.4 is 10.6 Å². The number of pyridine rings is 2. The molecule has 0 atom stereocenters. The van der Waals surface area contributed by atoms with Crippen LogP contribution >= 0.6 is 11.3 Å². The molecule has 3 heterocycles. The van der Waals surface area contributed by atoms with Crippen LogP contribution in [0.1, 0.15) is 25.7 Å². The van der Waals surface area contributed by atoms with E-state index in [1.807, 2.05) is 30.3 Å². The van der Waals surface area contributed by atoms with Crippen LogP contribution in [0.2, 0.25) is 0 Å². The molecule has 24 heavy (non-hydrogen) atoms. The van der Waals surface area contributed by atoms with E-state index in [1.165, 1.54) is 11.3 Å². The monoisotopic (exact) mass is 341 g/mol. The van der Waals surface area contributed by atoms with Crippen LogP contribution in [0, 0.1) is 0 Å². The zero-order valence-electron chi connectivity index (χ0n) is 13.1. The van der Waals surface area contributed by atoms with E-state index in [1.54, 1.807) is 6.20 Å². The average Bonchev–Trinajstić information content (AvgIpc) is 2.99. The van der Waals surface area contributed by atoms with Crippen molar-refractivity contribution in [1.82, 2.24) is 15.0 Å². The van der Waals surface area contributed by atoms with Crippen molar-refractivity contribution in [3.8, 4) is 0 Å².